The molecule has 0 spiro atoms. The highest BCUT2D eigenvalue weighted by atomic mass is 35.5. The number of hydrogen-bond acceptors (Lipinski definition) is 3. The Morgan fingerprint density at radius 3 is 2.57 bits per heavy atom. The van der Waals surface area contributed by atoms with Gasteiger partial charge in [0.05, 0.1) is 15.6 Å². The highest BCUT2D eigenvalue weighted by Gasteiger charge is 2.39. The van der Waals surface area contributed by atoms with E-state index in [1.54, 1.807) is 0 Å². The standard InChI is InChI=1S/C14H11ClF3N3O2/c15-10-7-8(21(22)23)5-6-12(10)20-11-4-2-1-3-9(11)13(19-20)14(16,17)18/h5-7H,1-4H2. The summed E-state index contributed by atoms with van der Waals surface area (Å²) in [5, 5.41) is 14.4. The molecule has 0 aliphatic heterocycles. The Balaban J connectivity index is 2.17. The van der Waals surface area contributed by atoms with Crippen LogP contribution in [0.15, 0.2) is 18.2 Å². The molecule has 0 atom stereocenters. The van der Waals surface area contributed by atoms with Crippen LogP contribution in [0.3, 0.4) is 0 Å². The lowest BCUT2D eigenvalue weighted by Crippen LogP contribution is -2.11. The Labute approximate surface area is 133 Å². The summed E-state index contributed by atoms with van der Waals surface area (Å²) in [6, 6.07) is 3.63. The summed E-state index contributed by atoms with van der Waals surface area (Å²) in [5.74, 6) is 0. The van der Waals surface area contributed by atoms with Crippen molar-refractivity contribution in [1.29, 1.82) is 0 Å². The van der Waals surface area contributed by atoms with Gasteiger partial charge in [0.15, 0.2) is 5.69 Å². The van der Waals surface area contributed by atoms with E-state index in [-0.39, 0.29) is 22.0 Å². The van der Waals surface area contributed by atoms with Gasteiger partial charge in [-0.3, -0.25) is 10.1 Å². The molecule has 1 aromatic heterocycles. The van der Waals surface area contributed by atoms with Crippen molar-refractivity contribution in [2.45, 2.75) is 31.9 Å². The van der Waals surface area contributed by atoms with Gasteiger partial charge in [-0.05, 0) is 31.7 Å². The Hall–Kier alpha value is -2.09. The number of non-ortho nitro benzene ring substituents is 1. The van der Waals surface area contributed by atoms with E-state index in [1.807, 2.05) is 0 Å². The number of benzene rings is 1. The number of halogens is 4. The zero-order chi connectivity index (χ0) is 16.8. The molecule has 3 rings (SSSR count). The molecule has 1 aromatic carbocycles. The van der Waals surface area contributed by atoms with Gasteiger partial charge in [0.25, 0.3) is 5.69 Å². The van der Waals surface area contributed by atoms with Crippen molar-refractivity contribution in [2.24, 2.45) is 0 Å². The Morgan fingerprint density at radius 2 is 1.96 bits per heavy atom. The maximum atomic E-state index is 13.2. The number of aromatic nitrogens is 2. The lowest BCUT2D eigenvalue weighted by atomic mass is 9.95. The fourth-order valence-electron chi connectivity index (χ4n) is 2.81. The van der Waals surface area contributed by atoms with Crippen LogP contribution in [0.5, 0.6) is 0 Å². The number of alkyl halides is 3. The molecule has 0 saturated carbocycles. The zero-order valence-corrected chi connectivity index (χ0v) is 12.5. The van der Waals surface area contributed by atoms with E-state index in [0.29, 0.717) is 25.0 Å². The quantitative estimate of drug-likeness (QED) is 0.601. The fourth-order valence-corrected chi connectivity index (χ4v) is 3.06. The van der Waals surface area contributed by atoms with Crippen molar-refractivity contribution in [3.8, 4) is 5.69 Å². The third-order valence-electron chi connectivity index (χ3n) is 3.82. The second-order valence-electron chi connectivity index (χ2n) is 5.28. The van der Waals surface area contributed by atoms with E-state index in [4.69, 9.17) is 11.6 Å². The number of fused-ring (bicyclic) bond motifs is 1. The number of rotatable bonds is 2. The summed E-state index contributed by atoms with van der Waals surface area (Å²) < 4.78 is 40.7. The molecule has 0 amide bonds. The van der Waals surface area contributed by atoms with Crippen molar-refractivity contribution in [1.82, 2.24) is 9.78 Å². The van der Waals surface area contributed by atoms with Gasteiger partial charge in [-0.15, -0.1) is 0 Å². The maximum Gasteiger partial charge on any atom is 0.435 e. The normalized spacial score (nSPS) is 14.6. The molecule has 122 valence electrons. The van der Waals surface area contributed by atoms with Crippen LogP contribution in [-0.2, 0) is 19.0 Å². The highest BCUT2D eigenvalue weighted by Crippen LogP contribution is 2.38. The monoisotopic (exact) mass is 345 g/mol. The van der Waals surface area contributed by atoms with E-state index in [2.05, 4.69) is 5.10 Å². The molecule has 0 radical (unpaired) electrons. The van der Waals surface area contributed by atoms with Crippen LogP contribution in [0.2, 0.25) is 5.02 Å². The first-order chi connectivity index (χ1) is 10.8. The molecule has 1 aliphatic carbocycles. The summed E-state index contributed by atoms with van der Waals surface area (Å²) in [6.45, 7) is 0. The van der Waals surface area contributed by atoms with Crippen molar-refractivity contribution in [2.75, 3.05) is 0 Å². The van der Waals surface area contributed by atoms with Crippen LogP contribution in [0.1, 0.15) is 29.8 Å². The lowest BCUT2D eigenvalue weighted by molar-refractivity contribution is -0.384. The van der Waals surface area contributed by atoms with Crippen molar-refractivity contribution < 1.29 is 18.1 Å². The summed E-state index contributed by atoms with van der Waals surface area (Å²) in [6.07, 6.45) is -2.32. The second kappa shape index (κ2) is 5.52. The van der Waals surface area contributed by atoms with Gasteiger partial charge in [-0.1, -0.05) is 11.6 Å². The smallest absolute Gasteiger partial charge is 0.258 e. The molecule has 0 saturated heterocycles. The molecule has 0 unspecified atom stereocenters. The Bertz CT molecular complexity index is 786. The lowest BCUT2D eigenvalue weighted by Gasteiger charge is -2.15. The van der Waals surface area contributed by atoms with E-state index >= 15 is 0 Å². The van der Waals surface area contributed by atoms with Gasteiger partial charge in [-0.25, -0.2) is 4.68 Å². The van der Waals surface area contributed by atoms with Crippen LogP contribution in [0.4, 0.5) is 18.9 Å². The van der Waals surface area contributed by atoms with Crippen LogP contribution < -0.4 is 0 Å². The van der Waals surface area contributed by atoms with Gasteiger partial charge in [-0.2, -0.15) is 18.3 Å². The first kappa shape index (κ1) is 15.8. The first-order valence-corrected chi connectivity index (χ1v) is 7.29. The first-order valence-electron chi connectivity index (χ1n) is 6.91. The van der Waals surface area contributed by atoms with Crippen LogP contribution in [-0.4, -0.2) is 14.7 Å². The van der Waals surface area contributed by atoms with Crippen molar-refractivity contribution >= 4 is 17.3 Å². The average Bonchev–Trinajstić information content (AvgIpc) is 2.86. The third-order valence-corrected chi connectivity index (χ3v) is 4.12. The van der Waals surface area contributed by atoms with Gasteiger partial charge >= 0.3 is 6.18 Å². The SMILES string of the molecule is O=[N+]([O-])c1ccc(-n2nc(C(F)(F)F)c3c2CCCC3)c(Cl)c1. The minimum atomic E-state index is -4.54. The number of nitro groups is 1. The average molecular weight is 346 g/mol. The van der Waals surface area contributed by atoms with Crippen molar-refractivity contribution in [3.05, 3.63) is 50.3 Å². The number of nitro benzene ring substituents is 1. The van der Waals surface area contributed by atoms with E-state index in [1.165, 1.54) is 16.8 Å². The molecule has 1 heterocycles. The van der Waals surface area contributed by atoms with Crippen LogP contribution >= 0.6 is 11.6 Å². The minimum Gasteiger partial charge on any atom is -0.258 e. The van der Waals surface area contributed by atoms with E-state index < -0.39 is 16.8 Å². The molecule has 2 aromatic rings. The van der Waals surface area contributed by atoms with Crippen molar-refractivity contribution in [3.63, 3.8) is 0 Å². The topological polar surface area (TPSA) is 61.0 Å². The minimum absolute atomic E-state index is 0.0104. The predicted molar refractivity (Wildman–Crippen MR) is 76.9 cm³/mol. The second-order valence-corrected chi connectivity index (χ2v) is 5.69. The van der Waals surface area contributed by atoms with E-state index in [0.717, 1.165) is 12.5 Å². The van der Waals surface area contributed by atoms with Gasteiger partial charge in [0, 0.05) is 23.4 Å². The molecule has 0 fully saturated rings. The molecular formula is C14H11ClF3N3O2. The summed E-state index contributed by atoms with van der Waals surface area (Å²) in [7, 11) is 0. The maximum absolute atomic E-state index is 13.2. The largest absolute Gasteiger partial charge is 0.435 e. The van der Waals surface area contributed by atoms with Crippen LogP contribution in [0, 0.1) is 10.1 Å². The third kappa shape index (κ3) is 2.78. The zero-order valence-electron chi connectivity index (χ0n) is 11.7. The molecule has 0 bridgehead atoms. The Kier molecular flexibility index (Phi) is 3.79. The molecule has 0 N–H and O–H groups in total. The number of hydrogen-bond donors (Lipinski definition) is 0. The predicted octanol–water partition coefficient (Wildman–Crippen LogP) is 4.33. The summed E-state index contributed by atoms with van der Waals surface area (Å²) in [4.78, 5) is 10.1. The van der Waals surface area contributed by atoms with E-state index in [9.17, 15) is 23.3 Å². The summed E-state index contributed by atoms with van der Waals surface area (Å²) >= 11 is 6.03. The van der Waals surface area contributed by atoms with Crippen LogP contribution in [0.25, 0.3) is 5.69 Å². The summed E-state index contributed by atoms with van der Waals surface area (Å²) in [5.41, 5.74) is -0.249. The molecular weight excluding hydrogens is 335 g/mol. The number of nitrogens with zero attached hydrogens (tertiary/aromatic N) is 3. The molecule has 23 heavy (non-hydrogen) atoms. The highest BCUT2D eigenvalue weighted by molar-refractivity contribution is 6.32. The van der Waals surface area contributed by atoms with Gasteiger partial charge < -0.3 is 0 Å². The Morgan fingerprint density at radius 1 is 1.26 bits per heavy atom. The molecule has 9 heteroatoms. The molecule has 5 nitrogen and oxygen atoms in total. The molecule has 1 aliphatic rings. The van der Waals surface area contributed by atoms with Gasteiger partial charge in [0.1, 0.15) is 0 Å². The van der Waals surface area contributed by atoms with Gasteiger partial charge in [0.2, 0.25) is 0 Å². The fraction of sp³-hybridized carbons (Fsp3) is 0.357.